The van der Waals surface area contributed by atoms with Crippen molar-refractivity contribution in [2.75, 3.05) is 19.7 Å². The molecule has 0 saturated carbocycles. The largest absolute Gasteiger partial charge is 0.383 e. The number of hydrogen-bond donors (Lipinski definition) is 3. The van der Waals surface area contributed by atoms with E-state index in [1.807, 2.05) is 39.2 Å². The minimum Gasteiger partial charge on any atom is -0.383 e. The molecule has 2 rings (SSSR count). The van der Waals surface area contributed by atoms with Gasteiger partial charge in [-0.3, -0.25) is 4.68 Å². The number of hydrogen-bond acceptors (Lipinski definition) is 4. The molecular weight excluding hydrogens is 342 g/mol. The summed E-state index contributed by atoms with van der Waals surface area (Å²) in [6, 6.07) is 8.14. The van der Waals surface area contributed by atoms with E-state index in [1.165, 1.54) is 0 Å². The summed E-state index contributed by atoms with van der Waals surface area (Å²) in [6.45, 7) is 8.63. The van der Waals surface area contributed by atoms with Gasteiger partial charge in [0.05, 0.1) is 25.9 Å². The summed E-state index contributed by atoms with van der Waals surface area (Å²) in [5.74, 6) is 0.660. The van der Waals surface area contributed by atoms with E-state index in [9.17, 15) is 5.11 Å². The van der Waals surface area contributed by atoms with Crippen LogP contribution in [0, 0.1) is 0 Å². The maximum absolute atomic E-state index is 10.7. The Morgan fingerprint density at radius 3 is 2.63 bits per heavy atom. The molecule has 148 valence electrons. The summed E-state index contributed by atoms with van der Waals surface area (Å²) in [6.07, 6.45) is 3.49. The van der Waals surface area contributed by atoms with Crippen LogP contribution in [0.15, 0.2) is 41.7 Å². The standard InChI is InChI=1S/C20H31N5O2/c1-5-21-19(23-15-20(3,26)18-12-24-25(4)13-18)22-11-16-9-7-8-10-17(16)14-27-6-2/h7-10,12-13,26H,5-6,11,14-15H2,1-4H3,(H2,21,22,23). The van der Waals surface area contributed by atoms with Gasteiger partial charge in [0.15, 0.2) is 5.96 Å². The molecular formula is C20H31N5O2. The number of guanidine groups is 1. The maximum Gasteiger partial charge on any atom is 0.191 e. The first-order valence-electron chi connectivity index (χ1n) is 9.34. The molecule has 1 aromatic carbocycles. The second-order valence-electron chi connectivity index (χ2n) is 6.63. The Kier molecular flexibility index (Phi) is 7.82. The summed E-state index contributed by atoms with van der Waals surface area (Å²) in [5.41, 5.74) is 1.98. The molecule has 3 N–H and O–H groups in total. The van der Waals surface area contributed by atoms with Crippen molar-refractivity contribution >= 4 is 5.96 Å². The molecule has 0 aliphatic carbocycles. The number of nitrogens with one attached hydrogen (secondary N) is 2. The second-order valence-corrected chi connectivity index (χ2v) is 6.63. The quantitative estimate of drug-likeness (QED) is 0.462. The first kappa shape index (κ1) is 20.9. The van der Waals surface area contributed by atoms with E-state index in [-0.39, 0.29) is 0 Å². The minimum atomic E-state index is -1.04. The Balaban J connectivity index is 2.04. The van der Waals surface area contributed by atoms with Gasteiger partial charge < -0.3 is 20.5 Å². The van der Waals surface area contributed by atoms with Gasteiger partial charge in [-0.15, -0.1) is 0 Å². The van der Waals surface area contributed by atoms with Crippen molar-refractivity contribution in [1.82, 2.24) is 20.4 Å². The summed E-state index contributed by atoms with van der Waals surface area (Å²) in [7, 11) is 1.83. The van der Waals surface area contributed by atoms with Gasteiger partial charge in [0, 0.05) is 32.0 Å². The highest BCUT2D eigenvalue weighted by Crippen LogP contribution is 2.18. The van der Waals surface area contributed by atoms with Crippen LogP contribution in [-0.4, -0.2) is 40.5 Å². The number of aliphatic imine (C=N–C) groups is 1. The topological polar surface area (TPSA) is 83.7 Å². The number of aromatic nitrogens is 2. The van der Waals surface area contributed by atoms with Crippen LogP contribution >= 0.6 is 0 Å². The third-order valence-corrected chi connectivity index (χ3v) is 4.26. The van der Waals surface area contributed by atoms with Crippen LogP contribution in [0.2, 0.25) is 0 Å². The Morgan fingerprint density at radius 1 is 1.26 bits per heavy atom. The predicted molar refractivity (Wildman–Crippen MR) is 107 cm³/mol. The van der Waals surface area contributed by atoms with E-state index in [4.69, 9.17) is 4.74 Å². The number of aryl methyl sites for hydroxylation is 1. The van der Waals surface area contributed by atoms with Gasteiger partial charge in [0.2, 0.25) is 0 Å². The molecule has 0 radical (unpaired) electrons. The number of aliphatic hydroxyl groups is 1. The van der Waals surface area contributed by atoms with Gasteiger partial charge in [0.25, 0.3) is 0 Å². The molecule has 7 heteroatoms. The number of rotatable bonds is 9. The molecule has 1 heterocycles. The van der Waals surface area contributed by atoms with Gasteiger partial charge in [0.1, 0.15) is 5.60 Å². The highest BCUT2D eigenvalue weighted by atomic mass is 16.5. The van der Waals surface area contributed by atoms with Gasteiger partial charge in [-0.1, -0.05) is 24.3 Å². The first-order valence-corrected chi connectivity index (χ1v) is 9.34. The van der Waals surface area contributed by atoms with Crippen LogP contribution in [0.4, 0.5) is 0 Å². The Morgan fingerprint density at radius 2 is 2.00 bits per heavy atom. The fourth-order valence-electron chi connectivity index (χ4n) is 2.63. The Labute approximate surface area is 161 Å². The predicted octanol–water partition coefficient (Wildman–Crippen LogP) is 1.92. The smallest absolute Gasteiger partial charge is 0.191 e. The highest BCUT2D eigenvalue weighted by Gasteiger charge is 2.25. The van der Waals surface area contributed by atoms with E-state index < -0.39 is 5.60 Å². The number of ether oxygens (including phenoxy) is 1. The van der Waals surface area contributed by atoms with Gasteiger partial charge in [-0.05, 0) is 31.9 Å². The van der Waals surface area contributed by atoms with Crippen molar-refractivity contribution < 1.29 is 9.84 Å². The summed E-state index contributed by atoms with van der Waals surface area (Å²) >= 11 is 0. The second kappa shape index (κ2) is 10.1. The molecule has 0 aliphatic heterocycles. The minimum absolute atomic E-state index is 0.325. The van der Waals surface area contributed by atoms with Crippen LogP contribution in [0.5, 0.6) is 0 Å². The van der Waals surface area contributed by atoms with Crippen LogP contribution in [0.1, 0.15) is 37.5 Å². The van der Waals surface area contributed by atoms with Gasteiger partial charge >= 0.3 is 0 Å². The zero-order valence-electron chi connectivity index (χ0n) is 16.7. The van der Waals surface area contributed by atoms with Crippen LogP contribution < -0.4 is 10.6 Å². The van der Waals surface area contributed by atoms with Crippen molar-refractivity contribution in [1.29, 1.82) is 0 Å². The van der Waals surface area contributed by atoms with Crippen molar-refractivity contribution in [3.8, 4) is 0 Å². The lowest BCUT2D eigenvalue weighted by Gasteiger charge is -2.23. The van der Waals surface area contributed by atoms with Crippen molar-refractivity contribution in [3.05, 3.63) is 53.3 Å². The van der Waals surface area contributed by atoms with Gasteiger partial charge in [-0.2, -0.15) is 5.10 Å². The number of nitrogens with zero attached hydrogens (tertiary/aromatic N) is 3. The molecule has 27 heavy (non-hydrogen) atoms. The Hall–Kier alpha value is -2.38. The monoisotopic (exact) mass is 373 g/mol. The molecule has 1 aromatic heterocycles. The summed E-state index contributed by atoms with van der Waals surface area (Å²) in [4.78, 5) is 4.66. The molecule has 0 amide bonds. The lowest BCUT2D eigenvalue weighted by atomic mass is 10.00. The van der Waals surface area contributed by atoms with Crippen molar-refractivity contribution in [3.63, 3.8) is 0 Å². The molecule has 0 aliphatic rings. The average molecular weight is 374 g/mol. The summed E-state index contributed by atoms with van der Waals surface area (Å²) in [5, 5.41) is 21.3. The van der Waals surface area contributed by atoms with Crippen LogP contribution in [0.3, 0.4) is 0 Å². The molecule has 7 nitrogen and oxygen atoms in total. The lowest BCUT2D eigenvalue weighted by molar-refractivity contribution is 0.0616. The van der Waals surface area contributed by atoms with E-state index in [0.717, 1.165) is 23.2 Å². The molecule has 0 fully saturated rings. The summed E-state index contributed by atoms with van der Waals surface area (Å²) < 4.78 is 7.22. The molecule has 0 spiro atoms. The van der Waals surface area contributed by atoms with Crippen LogP contribution in [0.25, 0.3) is 0 Å². The first-order chi connectivity index (χ1) is 13.0. The third-order valence-electron chi connectivity index (χ3n) is 4.26. The fourth-order valence-corrected chi connectivity index (χ4v) is 2.63. The maximum atomic E-state index is 10.7. The highest BCUT2D eigenvalue weighted by molar-refractivity contribution is 5.79. The molecule has 2 aromatic rings. The average Bonchev–Trinajstić information content (AvgIpc) is 3.10. The molecule has 0 bridgehead atoms. The normalized spacial score (nSPS) is 14.0. The molecule has 0 saturated heterocycles. The zero-order chi connectivity index (χ0) is 19.7. The number of benzene rings is 1. The van der Waals surface area contributed by atoms with E-state index in [2.05, 4.69) is 32.9 Å². The lowest BCUT2D eigenvalue weighted by Crippen LogP contribution is -2.44. The van der Waals surface area contributed by atoms with E-state index in [1.54, 1.807) is 17.8 Å². The van der Waals surface area contributed by atoms with Crippen molar-refractivity contribution in [2.24, 2.45) is 12.0 Å². The van der Waals surface area contributed by atoms with Crippen LogP contribution in [-0.2, 0) is 30.5 Å². The van der Waals surface area contributed by atoms with Crippen molar-refractivity contribution in [2.45, 2.75) is 39.5 Å². The molecule has 1 unspecified atom stereocenters. The SMILES string of the molecule is CCNC(=NCc1ccccc1COCC)NCC(C)(O)c1cnn(C)c1. The fraction of sp³-hybridized carbons (Fsp3) is 0.500. The van der Waals surface area contributed by atoms with E-state index >= 15 is 0 Å². The van der Waals surface area contributed by atoms with Gasteiger partial charge in [-0.25, -0.2) is 4.99 Å². The molecule has 1 atom stereocenters. The third kappa shape index (κ3) is 6.37. The van der Waals surface area contributed by atoms with E-state index in [0.29, 0.717) is 32.3 Å². The zero-order valence-corrected chi connectivity index (χ0v) is 16.7. The Bertz CT molecular complexity index is 739.